The third-order valence-corrected chi connectivity index (χ3v) is 5.21. The van der Waals surface area contributed by atoms with E-state index in [0.717, 1.165) is 24.3 Å². The molecule has 0 bridgehead atoms. The van der Waals surface area contributed by atoms with Crippen molar-refractivity contribution in [1.29, 1.82) is 5.26 Å². The van der Waals surface area contributed by atoms with Crippen LogP contribution >= 0.6 is 23.2 Å². The van der Waals surface area contributed by atoms with Crippen LogP contribution in [0.5, 0.6) is 5.75 Å². The van der Waals surface area contributed by atoms with E-state index < -0.39 is 28.1 Å². The maximum Gasteiger partial charge on any atom is 0.416 e. The number of amides is 1. The number of halogens is 5. The number of rotatable bonds is 7. The highest BCUT2D eigenvalue weighted by molar-refractivity contribution is 6.37. The van der Waals surface area contributed by atoms with Gasteiger partial charge in [-0.2, -0.15) is 18.4 Å². The average molecular weight is 536 g/mol. The van der Waals surface area contributed by atoms with E-state index in [-0.39, 0.29) is 39.3 Å². The van der Waals surface area contributed by atoms with Crippen LogP contribution in [-0.2, 0) is 17.6 Å². The molecule has 0 saturated heterocycles. The molecule has 0 aliphatic rings. The van der Waals surface area contributed by atoms with E-state index in [4.69, 9.17) is 27.9 Å². The van der Waals surface area contributed by atoms with Crippen LogP contribution in [0.15, 0.2) is 66.2 Å². The predicted molar refractivity (Wildman–Crippen MR) is 128 cm³/mol. The molecular weight excluding hydrogens is 522 g/mol. The molecule has 1 N–H and O–H groups in total. The molecule has 12 heteroatoms. The fraction of sp³-hybridized carbons (Fsp3) is 0.0833. The minimum atomic E-state index is -4.60. The van der Waals surface area contributed by atoms with Crippen molar-refractivity contribution in [3.8, 4) is 11.8 Å². The van der Waals surface area contributed by atoms with Crippen molar-refractivity contribution in [1.82, 2.24) is 0 Å². The SMILES string of the molecule is N#C/C(=C/c1cc(Cl)c(OCc2cccc([N+](=O)[O-])c2)c(Cl)c1)C(=O)Nc1cccc(C(F)(F)F)c1. The van der Waals surface area contributed by atoms with E-state index in [9.17, 15) is 33.3 Å². The number of hydrogen-bond donors (Lipinski definition) is 1. The second-order valence-corrected chi connectivity index (χ2v) is 8.05. The van der Waals surface area contributed by atoms with Crippen molar-refractivity contribution < 1.29 is 27.6 Å². The number of nitrogens with zero attached hydrogens (tertiary/aromatic N) is 2. The summed E-state index contributed by atoms with van der Waals surface area (Å²) in [5.41, 5.74) is -0.869. The number of carbonyl (C=O) groups is 1. The summed E-state index contributed by atoms with van der Waals surface area (Å²) < 4.78 is 44.3. The van der Waals surface area contributed by atoms with Crippen LogP contribution in [-0.4, -0.2) is 10.8 Å². The van der Waals surface area contributed by atoms with Crippen LogP contribution < -0.4 is 10.1 Å². The van der Waals surface area contributed by atoms with Crippen LogP contribution in [0.2, 0.25) is 10.0 Å². The van der Waals surface area contributed by atoms with Gasteiger partial charge in [0.05, 0.1) is 20.5 Å². The molecule has 3 aromatic rings. The largest absolute Gasteiger partial charge is 0.486 e. The molecule has 3 rings (SSSR count). The van der Waals surface area contributed by atoms with Gasteiger partial charge in [0.1, 0.15) is 18.2 Å². The summed E-state index contributed by atoms with van der Waals surface area (Å²) in [6.07, 6.45) is -3.44. The zero-order chi connectivity index (χ0) is 26.5. The second-order valence-electron chi connectivity index (χ2n) is 7.23. The molecule has 0 unspecified atom stereocenters. The van der Waals surface area contributed by atoms with Crippen LogP contribution in [0.25, 0.3) is 6.08 Å². The summed E-state index contributed by atoms with van der Waals surface area (Å²) in [5.74, 6) is -0.857. The molecule has 3 aromatic carbocycles. The first-order chi connectivity index (χ1) is 17.0. The topological polar surface area (TPSA) is 105 Å². The lowest BCUT2D eigenvalue weighted by atomic mass is 10.1. The monoisotopic (exact) mass is 535 g/mol. The van der Waals surface area contributed by atoms with Gasteiger partial charge < -0.3 is 10.1 Å². The number of non-ortho nitro benzene ring substituents is 1. The van der Waals surface area contributed by atoms with Gasteiger partial charge in [0.2, 0.25) is 0 Å². The van der Waals surface area contributed by atoms with E-state index in [1.807, 2.05) is 0 Å². The molecule has 0 heterocycles. The van der Waals surface area contributed by atoms with Crippen molar-refractivity contribution >= 4 is 46.6 Å². The van der Waals surface area contributed by atoms with Crippen molar-refractivity contribution in [3.63, 3.8) is 0 Å². The summed E-state index contributed by atoms with van der Waals surface area (Å²) in [5, 5.41) is 22.6. The number of anilines is 1. The van der Waals surface area contributed by atoms with Gasteiger partial charge in [-0.05, 0) is 47.5 Å². The highest BCUT2D eigenvalue weighted by atomic mass is 35.5. The van der Waals surface area contributed by atoms with Crippen molar-refractivity contribution in [2.24, 2.45) is 0 Å². The molecule has 0 aliphatic heterocycles. The standard InChI is InChI=1S/C24H14Cl2F3N3O4/c25-20-9-15(10-21(26)22(20)36-13-14-3-1-6-19(8-14)32(34)35)7-16(12-30)23(33)31-18-5-2-4-17(11-18)24(27,28)29/h1-11H,13H2,(H,31,33)/b16-7-. The minimum Gasteiger partial charge on any atom is -0.486 e. The van der Waals surface area contributed by atoms with Gasteiger partial charge in [-0.15, -0.1) is 0 Å². The Labute approximate surface area is 212 Å². The number of carbonyl (C=O) groups excluding carboxylic acids is 1. The lowest BCUT2D eigenvalue weighted by Crippen LogP contribution is -2.14. The molecule has 0 aliphatic carbocycles. The van der Waals surface area contributed by atoms with Gasteiger partial charge in [-0.3, -0.25) is 14.9 Å². The molecule has 0 spiro atoms. The summed E-state index contributed by atoms with van der Waals surface area (Å²) in [6, 6.07) is 14.2. The molecular formula is C24H14Cl2F3N3O4. The summed E-state index contributed by atoms with van der Waals surface area (Å²) >= 11 is 12.5. The van der Waals surface area contributed by atoms with Crippen molar-refractivity contribution in [2.45, 2.75) is 12.8 Å². The molecule has 36 heavy (non-hydrogen) atoms. The Morgan fingerprint density at radius 1 is 1.11 bits per heavy atom. The Bertz CT molecular complexity index is 1380. The van der Waals surface area contributed by atoms with Crippen molar-refractivity contribution in [3.05, 3.63) is 103 Å². The molecule has 0 radical (unpaired) electrons. The van der Waals surface area contributed by atoms with E-state index >= 15 is 0 Å². The molecule has 0 aromatic heterocycles. The average Bonchev–Trinajstić information content (AvgIpc) is 2.81. The van der Waals surface area contributed by atoms with Crippen LogP contribution in [0.3, 0.4) is 0 Å². The summed E-state index contributed by atoms with van der Waals surface area (Å²) in [7, 11) is 0. The van der Waals surface area contributed by atoms with Crippen LogP contribution in [0.4, 0.5) is 24.5 Å². The molecule has 0 fully saturated rings. The second kappa shape index (κ2) is 11.1. The fourth-order valence-electron chi connectivity index (χ4n) is 3.00. The lowest BCUT2D eigenvalue weighted by Gasteiger charge is -2.11. The number of ether oxygens (including phenoxy) is 1. The maximum absolute atomic E-state index is 12.9. The first kappa shape index (κ1) is 26.5. The Morgan fingerprint density at radius 3 is 2.39 bits per heavy atom. The summed E-state index contributed by atoms with van der Waals surface area (Å²) in [6.45, 7) is -0.0703. The number of benzene rings is 3. The Morgan fingerprint density at radius 2 is 1.78 bits per heavy atom. The number of nitrogens with one attached hydrogen (secondary N) is 1. The Balaban J connectivity index is 1.77. The highest BCUT2D eigenvalue weighted by Gasteiger charge is 2.30. The van der Waals surface area contributed by atoms with E-state index in [2.05, 4.69) is 5.32 Å². The molecule has 7 nitrogen and oxygen atoms in total. The van der Waals surface area contributed by atoms with E-state index in [1.54, 1.807) is 12.1 Å². The van der Waals surface area contributed by atoms with Gasteiger partial charge in [-0.25, -0.2) is 0 Å². The van der Waals surface area contributed by atoms with Gasteiger partial charge >= 0.3 is 6.18 Å². The van der Waals surface area contributed by atoms with Crippen molar-refractivity contribution in [2.75, 3.05) is 5.32 Å². The minimum absolute atomic E-state index is 0.0368. The highest BCUT2D eigenvalue weighted by Crippen LogP contribution is 2.36. The Hall–Kier alpha value is -4.07. The van der Waals surface area contributed by atoms with Gasteiger partial charge in [-0.1, -0.05) is 41.4 Å². The summed E-state index contributed by atoms with van der Waals surface area (Å²) in [4.78, 5) is 22.8. The maximum atomic E-state index is 12.9. The van der Waals surface area contributed by atoms with Crippen LogP contribution in [0, 0.1) is 21.4 Å². The number of nitro groups is 1. The van der Waals surface area contributed by atoms with E-state index in [1.165, 1.54) is 36.4 Å². The molecule has 1 amide bonds. The third kappa shape index (κ3) is 6.75. The first-order valence-electron chi connectivity index (χ1n) is 9.93. The predicted octanol–water partition coefficient (Wildman–Crippen LogP) is 7.05. The quantitative estimate of drug-likeness (QED) is 0.151. The molecule has 0 saturated carbocycles. The normalized spacial score (nSPS) is 11.5. The smallest absolute Gasteiger partial charge is 0.416 e. The zero-order valence-electron chi connectivity index (χ0n) is 18.0. The van der Waals surface area contributed by atoms with E-state index in [0.29, 0.717) is 5.56 Å². The van der Waals surface area contributed by atoms with Gasteiger partial charge in [0.15, 0.2) is 5.75 Å². The van der Waals surface area contributed by atoms with Gasteiger partial charge in [0, 0.05) is 17.8 Å². The molecule has 0 atom stereocenters. The Kier molecular flexibility index (Phi) is 8.19. The number of hydrogen-bond acceptors (Lipinski definition) is 5. The number of nitriles is 1. The van der Waals surface area contributed by atoms with Gasteiger partial charge in [0.25, 0.3) is 11.6 Å². The van der Waals surface area contributed by atoms with Crippen LogP contribution in [0.1, 0.15) is 16.7 Å². The number of alkyl halides is 3. The number of nitro benzene ring substituents is 1. The fourth-order valence-corrected chi connectivity index (χ4v) is 3.62. The lowest BCUT2D eigenvalue weighted by molar-refractivity contribution is -0.384. The zero-order valence-corrected chi connectivity index (χ0v) is 19.5. The first-order valence-corrected chi connectivity index (χ1v) is 10.7. The third-order valence-electron chi connectivity index (χ3n) is 4.65. The molecule has 184 valence electrons.